The van der Waals surface area contributed by atoms with Crippen LogP contribution >= 0.6 is 0 Å². The summed E-state index contributed by atoms with van der Waals surface area (Å²) in [5.74, 6) is -0.724. The smallest absolute Gasteiger partial charge is 0.303 e. The molecule has 0 aliphatic carbocycles. The second kappa shape index (κ2) is 6.94. The summed E-state index contributed by atoms with van der Waals surface area (Å²) in [6.45, 7) is 2.47. The molecule has 1 aromatic rings. The van der Waals surface area contributed by atoms with Crippen LogP contribution in [0.5, 0.6) is 0 Å². The Balaban J connectivity index is 1.87. The van der Waals surface area contributed by atoms with Crippen LogP contribution in [-0.2, 0) is 11.3 Å². The molecule has 0 amide bonds. The van der Waals surface area contributed by atoms with Gasteiger partial charge >= 0.3 is 5.97 Å². The van der Waals surface area contributed by atoms with E-state index in [0.29, 0.717) is 0 Å². The predicted molar refractivity (Wildman–Crippen MR) is 54.4 cm³/mol. The number of unbranched alkanes of at least 4 members (excludes halogenated alkanes) is 1. The monoisotopic (exact) mass is 212 g/mol. The van der Waals surface area contributed by atoms with Crippen molar-refractivity contribution in [2.75, 3.05) is 13.1 Å². The molecule has 2 N–H and O–H groups in total. The molecule has 0 fully saturated rings. The van der Waals surface area contributed by atoms with E-state index in [2.05, 4.69) is 15.6 Å². The Morgan fingerprint density at radius 3 is 2.93 bits per heavy atom. The number of hydrogen-bond acceptors (Lipinski definition) is 4. The van der Waals surface area contributed by atoms with E-state index in [9.17, 15) is 4.79 Å². The average Bonchev–Trinajstić information content (AvgIpc) is 2.68. The minimum absolute atomic E-state index is 0.255. The number of carboxylic acid groups (broad SMARTS) is 1. The van der Waals surface area contributed by atoms with Crippen molar-refractivity contribution in [2.24, 2.45) is 0 Å². The highest BCUT2D eigenvalue weighted by molar-refractivity contribution is 5.66. The molecule has 1 aromatic heterocycles. The van der Waals surface area contributed by atoms with Crippen LogP contribution in [-0.4, -0.2) is 39.2 Å². The van der Waals surface area contributed by atoms with Gasteiger partial charge in [-0.2, -0.15) is 0 Å². The Morgan fingerprint density at radius 2 is 2.27 bits per heavy atom. The van der Waals surface area contributed by atoms with Crippen LogP contribution in [0.3, 0.4) is 0 Å². The van der Waals surface area contributed by atoms with Crippen molar-refractivity contribution < 1.29 is 9.90 Å². The summed E-state index contributed by atoms with van der Waals surface area (Å²) >= 11 is 0. The maximum atomic E-state index is 10.2. The fourth-order valence-corrected chi connectivity index (χ4v) is 1.20. The number of carboxylic acids is 1. The Morgan fingerprint density at radius 1 is 1.40 bits per heavy atom. The zero-order valence-corrected chi connectivity index (χ0v) is 8.59. The summed E-state index contributed by atoms with van der Waals surface area (Å²) in [5.41, 5.74) is 0. The minimum Gasteiger partial charge on any atom is -0.481 e. The minimum atomic E-state index is -0.724. The van der Waals surface area contributed by atoms with Crippen LogP contribution in [0, 0.1) is 0 Å². The van der Waals surface area contributed by atoms with Crippen LogP contribution < -0.4 is 5.32 Å². The normalized spacial score (nSPS) is 10.4. The zero-order valence-electron chi connectivity index (χ0n) is 8.59. The van der Waals surface area contributed by atoms with Crippen molar-refractivity contribution in [3.05, 3.63) is 12.4 Å². The van der Waals surface area contributed by atoms with Crippen molar-refractivity contribution in [1.29, 1.82) is 0 Å². The molecule has 0 aliphatic rings. The Labute approximate surface area is 88.3 Å². The molecule has 6 nitrogen and oxygen atoms in total. The molecule has 6 heteroatoms. The number of nitrogens with one attached hydrogen (secondary N) is 1. The van der Waals surface area contributed by atoms with Gasteiger partial charge in [0.05, 0.1) is 12.7 Å². The number of aromatic nitrogens is 3. The van der Waals surface area contributed by atoms with Gasteiger partial charge in [-0.1, -0.05) is 5.21 Å². The number of aliphatic carboxylic acids is 1. The summed E-state index contributed by atoms with van der Waals surface area (Å²) < 4.78 is 1.75. The van der Waals surface area contributed by atoms with E-state index < -0.39 is 5.97 Å². The number of carbonyl (C=O) groups is 1. The zero-order chi connectivity index (χ0) is 10.9. The third kappa shape index (κ3) is 5.79. The molecule has 0 saturated heterocycles. The molecule has 84 valence electrons. The van der Waals surface area contributed by atoms with Crippen LogP contribution in [0.25, 0.3) is 0 Å². The second-order valence-corrected chi connectivity index (χ2v) is 3.27. The van der Waals surface area contributed by atoms with Crippen LogP contribution in [0.15, 0.2) is 12.4 Å². The molecule has 1 heterocycles. The van der Waals surface area contributed by atoms with Crippen LogP contribution in [0.1, 0.15) is 19.3 Å². The van der Waals surface area contributed by atoms with Crippen molar-refractivity contribution in [3.8, 4) is 0 Å². The van der Waals surface area contributed by atoms with Crippen molar-refractivity contribution in [3.63, 3.8) is 0 Å². The largest absolute Gasteiger partial charge is 0.481 e. The van der Waals surface area contributed by atoms with E-state index in [1.165, 1.54) is 0 Å². The molecule has 0 spiro atoms. The lowest BCUT2D eigenvalue weighted by molar-refractivity contribution is -0.137. The second-order valence-electron chi connectivity index (χ2n) is 3.27. The quantitative estimate of drug-likeness (QED) is 0.598. The maximum Gasteiger partial charge on any atom is 0.303 e. The number of rotatable bonds is 8. The summed E-state index contributed by atoms with van der Waals surface area (Å²) in [7, 11) is 0. The van der Waals surface area contributed by atoms with Crippen LogP contribution in [0.4, 0.5) is 0 Å². The highest BCUT2D eigenvalue weighted by Crippen LogP contribution is 1.93. The van der Waals surface area contributed by atoms with Crippen LogP contribution in [0.2, 0.25) is 0 Å². The van der Waals surface area contributed by atoms with Crippen molar-refractivity contribution >= 4 is 5.97 Å². The lowest BCUT2D eigenvalue weighted by atomic mass is 10.2. The van der Waals surface area contributed by atoms with Gasteiger partial charge in [0.2, 0.25) is 0 Å². The molecule has 15 heavy (non-hydrogen) atoms. The SMILES string of the molecule is O=C(O)CCCCNCCn1ccnn1. The lowest BCUT2D eigenvalue weighted by Crippen LogP contribution is -2.21. The third-order valence-electron chi connectivity index (χ3n) is 1.98. The van der Waals surface area contributed by atoms with Gasteiger partial charge in [-0.25, -0.2) is 0 Å². The summed E-state index contributed by atoms with van der Waals surface area (Å²) in [5, 5.41) is 19.1. The molecular weight excluding hydrogens is 196 g/mol. The predicted octanol–water partition coefficient (Wildman–Crippen LogP) is 0.123. The molecule has 1 rings (SSSR count). The topological polar surface area (TPSA) is 80.0 Å². The molecule has 0 bridgehead atoms. The number of hydrogen-bond donors (Lipinski definition) is 2. The fraction of sp³-hybridized carbons (Fsp3) is 0.667. The van der Waals surface area contributed by atoms with Gasteiger partial charge < -0.3 is 10.4 Å². The molecule has 0 aromatic carbocycles. The van der Waals surface area contributed by atoms with Gasteiger partial charge in [-0.15, -0.1) is 5.10 Å². The lowest BCUT2D eigenvalue weighted by Gasteiger charge is -2.03. The summed E-state index contributed by atoms with van der Waals surface area (Å²) in [6.07, 6.45) is 5.33. The standard InChI is InChI=1S/C9H16N4O2/c14-9(15)3-1-2-4-10-5-7-13-8-6-11-12-13/h6,8,10H,1-5,7H2,(H,14,15). The van der Waals surface area contributed by atoms with Gasteiger partial charge in [0.15, 0.2) is 0 Å². The van der Waals surface area contributed by atoms with Crippen molar-refractivity contribution in [2.45, 2.75) is 25.8 Å². The van der Waals surface area contributed by atoms with E-state index in [0.717, 1.165) is 32.5 Å². The first-order valence-electron chi connectivity index (χ1n) is 5.05. The highest BCUT2D eigenvalue weighted by Gasteiger charge is 1.96. The van der Waals surface area contributed by atoms with E-state index in [-0.39, 0.29) is 6.42 Å². The van der Waals surface area contributed by atoms with E-state index in [4.69, 9.17) is 5.11 Å². The molecule has 0 aliphatic heterocycles. The Kier molecular flexibility index (Phi) is 5.39. The van der Waals surface area contributed by atoms with E-state index in [1.54, 1.807) is 10.9 Å². The molecule has 0 unspecified atom stereocenters. The molecule has 0 atom stereocenters. The summed E-state index contributed by atoms with van der Waals surface area (Å²) in [6, 6.07) is 0. The Hall–Kier alpha value is -1.43. The first-order valence-corrected chi connectivity index (χ1v) is 5.05. The van der Waals surface area contributed by atoms with E-state index >= 15 is 0 Å². The number of nitrogens with zero attached hydrogens (tertiary/aromatic N) is 3. The summed E-state index contributed by atoms with van der Waals surface area (Å²) in [4.78, 5) is 10.2. The maximum absolute atomic E-state index is 10.2. The van der Waals surface area contributed by atoms with Gasteiger partial charge in [0.1, 0.15) is 0 Å². The first kappa shape index (κ1) is 11.6. The first-order chi connectivity index (χ1) is 7.29. The Bertz CT molecular complexity index is 274. The molecule has 0 saturated carbocycles. The fourth-order valence-electron chi connectivity index (χ4n) is 1.20. The third-order valence-corrected chi connectivity index (χ3v) is 1.98. The van der Waals surface area contributed by atoms with E-state index in [1.807, 2.05) is 6.20 Å². The van der Waals surface area contributed by atoms with Crippen molar-refractivity contribution in [1.82, 2.24) is 20.3 Å². The molecule has 0 radical (unpaired) electrons. The molecular formula is C9H16N4O2. The van der Waals surface area contributed by atoms with Gasteiger partial charge in [-0.3, -0.25) is 9.48 Å². The van der Waals surface area contributed by atoms with Gasteiger partial charge in [0.25, 0.3) is 0 Å². The van der Waals surface area contributed by atoms with Gasteiger partial charge in [-0.05, 0) is 19.4 Å². The average molecular weight is 212 g/mol. The van der Waals surface area contributed by atoms with Gasteiger partial charge in [0, 0.05) is 19.2 Å². The highest BCUT2D eigenvalue weighted by atomic mass is 16.4.